The Bertz CT molecular complexity index is 811. The Morgan fingerprint density at radius 2 is 1.81 bits per heavy atom. The van der Waals surface area contributed by atoms with Gasteiger partial charge in [-0.15, -0.1) is 0 Å². The van der Waals surface area contributed by atoms with E-state index in [4.69, 9.17) is 0 Å². The molecule has 1 amide bonds. The van der Waals surface area contributed by atoms with Crippen molar-refractivity contribution in [2.75, 3.05) is 5.32 Å². The Balaban J connectivity index is 2.01. The van der Waals surface area contributed by atoms with Gasteiger partial charge in [0.1, 0.15) is 0 Å². The highest BCUT2D eigenvalue weighted by atomic mass is 32.2. The number of carbonyl (C=O) groups excluding carboxylic acids is 1. The molecular weight excluding hydrogens is 286 g/mol. The van der Waals surface area contributed by atoms with Crippen LogP contribution in [0.4, 0.5) is 5.69 Å². The van der Waals surface area contributed by atoms with Gasteiger partial charge in [-0.05, 0) is 35.7 Å². The van der Waals surface area contributed by atoms with E-state index < -0.39 is 9.84 Å². The van der Waals surface area contributed by atoms with Gasteiger partial charge in [-0.2, -0.15) is 0 Å². The van der Waals surface area contributed by atoms with Gasteiger partial charge in [0.05, 0.1) is 17.1 Å². The van der Waals surface area contributed by atoms with E-state index in [2.05, 4.69) is 5.32 Å². The summed E-state index contributed by atoms with van der Waals surface area (Å²) in [5.74, 6) is -0.125. The van der Waals surface area contributed by atoms with Crippen LogP contribution in [0.5, 0.6) is 0 Å². The number of fused-ring (bicyclic) bond motifs is 1. The molecule has 4 nitrogen and oxygen atoms in total. The summed E-state index contributed by atoms with van der Waals surface area (Å²) in [4.78, 5) is 11.8. The molecule has 0 spiro atoms. The van der Waals surface area contributed by atoms with Crippen molar-refractivity contribution in [1.82, 2.24) is 0 Å². The van der Waals surface area contributed by atoms with Crippen molar-refractivity contribution in [3.8, 4) is 0 Å². The summed E-state index contributed by atoms with van der Waals surface area (Å²) >= 11 is 0. The van der Waals surface area contributed by atoms with Crippen molar-refractivity contribution in [2.24, 2.45) is 0 Å². The van der Waals surface area contributed by atoms with Crippen LogP contribution in [0.2, 0.25) is 0 Å². The molecule has 1 N–H and O–H groups in total. The minimum atomic E-state index is -3.42. The summed E-state index contributed by atoms with van der Waals surface area (Å²) in [6, 6.07) is 12.3. The molecule has 0 aliphatic carbocycles. The number of anilines is 1. The SMILES string of the molecule is Cc1c(S(=O)(=O)Cc2ccccc2)ccc2c1CC(=O)N2. The van der Waals surface area contributed by atoms with Crippen LogP contribution in [-0.4, -0.2) is 14.3 Å². The maximum atomic E-state index is 12.6. The van der Waals surface area contributed by atoms with Gasteiger partial charge in [-0.25, -0.2) is 8.42 Å². The molecule has 3 rings (SSSR count). The average molecular weight is 301 g/mol. The van der Waals surface area contributed by atoms with E-state index in [1.807, 2.05) is 18.2 Å². The first kappa shape index (κ1) is 13.8. The van der Waals surface area contributed by atoms with Gasteiger partial charge in [0, 0.05) is 5.69 Å². The highest BCUT2D eigenvalue weighted by Crippen LogP contribution is 2.31. The molecule has 0 saturated carbocycles. The first-order valence-electron chi connectivity index (χ1n) is 6.66. The molecule has 0 radical (unpaired) electrons. The Morgan fingerprint density at radius 3 is 2.52 bits per heavy atom. The molecule has 0 bridgehead atoms. The summed E-state index contributed by atoms with van der Waals surface area (Å²) in [5.41, 5.74) is 2.93. The summed E-state index contributed by atoms with van der Waals surface area (Å²) in [5, 5.41) is 2.73. The van der Waals surface area contributed by atoms with Gasteiger partial charge < -0.3 is 5.32 Å². The van der Waals surface area contributed by atoms with E-state index in [1.54, 1.807) is 31.2 Å². The molecule has 1 heterocycles. The standard InChI is InChI=1S/C16H15NO3S/c1-11-13-9-16(18)17-14(13)7-8-15(11)21(19,20)10-12-5-3-2-4-6-12/h2-8H,9-10H2,1H3,(H,17,18). The predicted octanol–water partition coefficient (Wildman–Crippen LogP) is 2.46. The lowest BCUT2D eigenvalue weighted by Gasteiger charge is -2.11. The number of nitrogens with one attached hydrogen (secondary N) is 1. The lowest BCUT2D eigenvalue weighted by Crippen LogP contribution is -2.08. The second kappa shape index (κ2) is 5.00. The highest BCUT2D eigenvalue weighted by molar-refractivity contribution is 7.90. The molecule has 0 fully saturated rings. The third kappa shape index (κ3) is 2.56. The molecule has 0 aromatic heterocycles. The first-order valence-corrected chi connectivity index (χ1v) is 8.31. The second-order valence-corrected chi connectivity index (χ2v) is 7.14. The summed E-state index contributed by atoms with van der Waals surface area (Å²) in [7, 11) is -3.42. The number of benzene rings is 2. The zero-order valence-electron chi connectivity index (χ0n) is 11.6. The van der Waals surface area contributed by atoms with Crippen LogP contribution in [0, 0.1) is 6.92 Å². The van der Waals surface area contributed by atoms with Crippen molar-refractivity contribution in [3.63, 3.8) is 0 Å². The van der Waals surface area contributed by atoms with Crippen LogP contribution in [-0.2, 0) is 26.8 Å². The third-order valence-corrected chi connectivity index (χ3v) is 5.52. The Labute approximate surface area is 123 Å². The molecule has 1 aliphatic heterocycles. The lowest BCUT2D eigenvalue weighted by molar-refractivity contribution is -0.115. The van der Waals surface area contributed by atoms with Crippen molar-refractivity contribution in [1.29, 1.82) is 0 Å². The minimum absolute atomic E-state index is 0.0329. The summed E-state index contributed by atoms with van der Waals surface area (Å²) in [6.07, 6.45) is 0.246. The van der Waals surface area contributed by atoms with E-state index in [9.17, 15) is 13.2 Å². The monoisotopic (exact) mass is 301 g/mol. The van der Waals surface area contributed by atoms with Crippen molar-refractivity contribution in [3.05, 3.63) is 59.2 Å². The van der Waals surface area contributed by atoms with E-state index in [1.165, 1.54) is 0 Å². The first-order chi connectivity index (χ1) is 9.97. The number of carbonyl (C=O) groups is 1. The molecule has 5 heteroatoms. The van der Waals surface area contributed by atoms with Gasteiger partial charge in [-0.1, -0.05) is 30.3 Å². The van der Waals surface area contributed by atoms with E-state index in [0.717, 1.165) is 16.8 Å². The van der Waals surface area contributed by atoms with Crippen LogP contribution in [0.15, 0.2) is 47.4 Å². The van der Waals surface area contributed by atoms with E-state index in [0.29, 0.717) is 10.5 Å². The minimum Gasteiger partial charge on any atom is -0.326 e. The van der Waals surface area contributed by atoms with Gasteiger partial charge in [0.2, 0.25) is 5.91 Å². The van der Waals surface area contributed by atoms with Gasteiger partial charge in [0.25, 0.3) is 0 Å². The largest absolute Gasteiger partial charge is 0.326 e. The van der Waals surface area contributed by atoms with Crippen LogP contribution in [0.1, 0.15) is 16.7 Å². The zero-order chi connectivity index (χ0) is 15.0. The fourth-order valence-corrected chi connectivity index (χ4v) is 4.30. The quantitative estimate of drug-likeness (QED) is 0.947. The molecule has 0 saturated heterocycles. The van der Waals surface area contributed by atoms with Crippen molar-refractivity contribution in [2.45, 2.75) is 24.0 Å². The van der Waals surface area contributed by atoms with Crippen LogP contribution >= 0.6 is 0 Å². The number of rotatable bonds is 3. The normalized spacial score (nSPS) is 13.9. The molecule has 21 heavy (non-hydrogen) atoms. The Kier molecular flexibility index (Phi) is 3.29. The Morgan fingerprint density at radius 1 is 1.10 bits per heavy atom. The van der Waals surface area contributed by atoms with Crippen LogP contribution in [0.3, 0.4) is 0 Å². The molecular formula is C16H15NO3S. The second-order valence-electron chi connectivity index (χ2n) is 5.18. The highest BCUT2D eigenvalue weighted by Gasteiger charge is 2.25. The Hall–Kier alpha value is -2.14. The van der Waals surface area contributed by atoms with Gasteiger partial charge in [-0.3, -0.25) is 4.79 Å². The van der Waals surface area contributed by atoms with Crippen LogP contribution < -0.4 is 5.32 Å². The molecule has 2 aromatic carbocycles. The molecule has 0 atom stereocenters. The topological polar surface area (TPSA) is 63.2 Å². The van der Waals surface area contributed by atoms with E-state index in [-0.39, 0.29) is 18.1 Å². The number of amides is 1. The number of sulfone groups is 1. The van der Waals surface area contributed by atoms with Crippen molar-refractivity contribution < 1.29 is 13.2 Å². The molecule has 0 unspecified atom stereocenters. The molecule has 1 aliphatic rings. The smallest absolute Gasteiger partial charge is 0.228 e. The molecule has 2 aromatic rings. The number of hydrogen-bond donors (Lipinski definition) is 1. The average Bonchev–Trinajstić information content (AvgIpc) is 2.81. The maximum Gasteiger partial charge on any atom is 0.228 e. The third-order valence-electron chi connectivity index (χ3n) is 3.69. The molecule has 108 valence electrons. The maximum absolute atomic E-state index is 12.6. The fraction of sp³-hybridized carbons (Fsp3) is 0.188. The zero-order valence-corrected chi connectivity index (χ0v) is 12.4. The van der Waals surface area contributed by atoms with Gasteiger partial charge in [0.15, 0.2) is 9.84 Å². The van der Waals surface area contributed by atoms with Crippen LogP contribution in [0.25, 0.3) is 0 Å². The lowest BCUT2D eigenvalue weighted by atomic mass is 10.1. The number of hydrogen-bond acceptors (Lipinski definition) is 3. The fourth-order valence-electron chi connectivity index (χ4n) is 2.64. The predicted molar refractivity (Wildman–Crippen MR) is 80.8 cm³/mol. The van der Waals surface area contributed by atoms with E-state index >= 15 is 0 Å². The van der Waals surface area contributed by atoms with Crippen molar-refractivity contribution >= 4 is 21.4 Å². The van der Waals surface area contributed by atoms with Gasteiger partial charge >= 0.3 is 0 Å². The summed E-state index contributed by atoms with van der Waals surface area (Å²) < 4.78 is 25.2. The summed E-state index contributed by atoms with van der Waals surface area (Å²) in [6.45, 7) is 1.76.